The molecule has 10 heteroatoms. The summed E-state index contributed by atoms with van der Waals surface area (Å²) in [6.45, 7) is 2.65. The van der Waals surface area contributed by atoms with E-state index in [4.69, 9.17) is 9.47 Å². The first-order chi connectivity index (χ1) is 17.5. The summed E-state index contributed by atoms with van der Waals surface area (Å²) in [6.07, 6.45) is 7.91. The molecule has 0 spiro atoms. The molecule has 2 heterocycles. The fraction of sp³-hybridized carbons (Fsp3) is 0.462. The Morgan fingerprint density at radius 3 is 2.56 bits per heavy atom. The Hall–Kier alpha value is -3.69. The highest BCUT2D eigenvalue weighted by atomic mass is 19.1. The lowest BCUT2D eigenvalue weighted by Crippen LogP contribution is -2.43. The van der Waals surface area contributed by atoms with Gasteiger partial charge >= 0.3 is 6.09 Å². The zero-order chi connectivity index (χ0) is 25.1. The van der Waals surface area contributed by atoms with Crippen LogP contribution in [-0.4, -0.2) is 52.2 Å². The molecule has 1 aromatic carbocycles. The minimum absolute atomic E-state index is 0.00327. The number of ether oxygens (including phenoxy) is 2. The summed E-state index contributed by atoms with van der Waals surface area (Å²) in [7, 11) is 0. The molecule has 2 fully saturated rings. The third-order valence-electron chi connectivity index (χ3n) is 6.74. The maximum Gasteiger partial charge on any atom is 0.407 e. The Balaban J connectivity index is 1.29. The predicted octanol–water partition coefficient (Wildman–Crippen LogP) is 4.34. The van der Waals surface area contributed by atoms with Gasteiger partial charge in [-0.05, 0) is 63.5 Å². The van der Waals surface area contributed by atoms with Crippen LogP contribution in [0.15, 0.2) is 30.7 Å². The normalized spacial score (nSPS) is 19.6. The Morgan fingerprint density at radius 2 is 1.83 bits per heavy atom. The highest BCUT2D eigenvalue weighted by Gasteiger charge is 2.26. The molecule has 0 saturated heterocycles. The Kier molecular flexibility index (Phi) is 7.02. The number of hydrogen-bond donors (Lipinski definition) is 3. The zero-order valence-corrected chi connectivity index (χ0v) is 20.2. The molecular weight excluding hydrogens is 465 g/mol. The van der Waals surface area contributed by atoms with E-state index in [9.17, 15) is 14.0 Å². The van der Waals surface area contributed by atoms with Crippen molar-refractivity contribution in [1.82, 2.24) is 25.6 Å². The summed E-state index contributed by atoms with van der Waals surface area (Å²) < 4.78 is 24.8. The van der Waals surface area contributed by atoms with Gasteiger partial charge in [-0.1, -0.05) is 0 Å². The van der Waals surface area contributed by atoms with E-state index in [0.717, 1.165) is 38.5 Å². The number of carbonyl (C=O) groups excluding carboxylic acids is 2. The van der Waals surface area contributed by atoms with Crippen molar-refractivity contribution >= 4 is 23.0 Å². The fourth-order valence-electron chi connectivity index (χ4n) is 4.60. The summed E-state index contributed by atoms with van der Waals surface area (Å²) in [4.78, 5) is 36.7. The van der Waals surface area contributed by atoms with Gasteiger partial charge in [-0.15, -0.1) is 0 Å². The third kappa shape index (κ3) is 5.42. The number of H-pyrrole nitrogens is 1. The summed E-state index contributed by atoms with van der Waals surface area (Å²) in [5.41, 5.74) is 2.70. The van der Waals surface area contributed by atoms with Gasteiger partial charge in [0.15, 0.2) is 0 Å². The van der Waals surface area contributed by atoms with Crippen LogP contribution >= 0.6 is 0 Å². The van der Waals surface area contributed by atoms with Crippen LogP contribution in [0.2, 0.25) is 0 Å². The molecule has 0 aliphatic heterocycles. The molecule has 0 radical (unpaired) electrons. The minimum Gasteiger partial charge on any atom is -0.492 e. The van der Waals surface area contributed by atoms with Crippen LogP contribution in [0.1, 0.15) is 55.8 Å². The summed E-state index contributed by atoms with van der Waals surface area (Å²) in [5, 5.41) is 5.96. The second kappa shape index (κ2) is 10.5. The minimum atomic E-state index is -0.401. The molecular formula is C26H30FN5O4. The topological polar surface area (TPSA) is 118 Å². The van der Waals surface area contributed by atoms with Crippen molar-refractivity contribution in [2.75, 3.05) is 13.2 Å². The molecule has 2 aliphatic rings. The van der Waals surface area contributed by atoms with E-state index >= 15 is 0 Å². The number of carbonyl (C=O) groups is 2. The van der Waals surface area contributed by atoms with E-state index in [2.05, 4.69) is 25.6 Å². The predicted molar refractivity (Wildman–Crippen MR) is 131 cm³/mol. The van der Waals surface area contributed by atoms with Gasteiger partial charge in [0.05, 0.1) is 24.3 Å². The lowest BCUT2D eigenvalue weighted by Gasteiger charge is -2.29. The van der Waals surface area contributed by atoms with Gasteiger partial charge < -0.3 is 25.1 Å². The van der Waals surface area contributed by atoms with E-state index in [1.807, 2.05) is 0 Å². The number of hydrogen-bond acceptors (Lipinski definition) is 6. The number of aromatic amines is 1. The Bertz CT molecular complexity index is 1250. The van der Waals surface area contributed by atoms with Crippen molar-refractivity contribution in [3.05, 3.63) is 42.1 Å². The molecule has 2 aliphatic carbocycles. The number of rotatable bonds is 8. The highest BCUT2D eigenvalue weighted by molar-refractivity contribution is 6.07. The molecule has 0 bridgehead atoms. The van der Waals surface area contributed by atoms with Crippen LogP contribution in [-0.2, 0) is 4.74 Å². The van der Waals surface area contributed by atoms with Gasteiger partial charge in [0.2, 0.25) is 0 Å². The number of benzene rings is 1. The monoisotopic (exact) mass is 495 g/mol. The van der Waals surface area contributed by atoms with Crippen LogP contribution in [0.25, 0.3) is 22.3 Å². The maximum absolute atomic E-state index is 14.0. The van der Waals surface area contributed by atoms with Gasteiger partial charge in [-0.2, -0.15) is 0 Å². The standard InChI is InChI=1S/C26H30FN5O4/c1-2-35-26(34)32-18-8-6-17(7-9-18)31-25(33)20-12-28-24-22(29-14-30-23(20)24)19-10-5-16(27)11-21(19)36-13-15-3-4-15/h5,10-12,14-15,17-18,28H,2-4,6-9,13H2,1H3,(H,31,33)(H,32,34). The summed E-state index contributed by atoms with van der Waals surface area (Å²) in [6, 6.07) is 4.44. The first kappa shape index (κ1) is 24.0. The number of nitrogens with zero attached hydrogens (tertiary/aromatic N) is 2. The maximum atomic E-state index is 14.0. The molecule has 3 N–H and O–H groups in total. The molecule has 3 aromatic rings. The summed E-state index contributed by atoms with van der Waals surface area (Å²) >= 11 is 0. The van der Waals surface area contributed by atoms with Crippen molar-refractivity contribution in [2.24, 2.45) is 5.92 Å². The van der Waals surface area contributed by atoms with Crippen LogP contribution in [0.4, 0.5) is 9.18 Å². The zero-order valence-electron chi connectivity index (χ0n) is 20.2. The van der Waals surface area contributed by atoms with Crippen molar-refractivity contribution in [3.63, 3.8) is 0 Å². The Labute approximate surface area is 208 Å². The fourth-order valence-corrected chi connectivity index (χ4v) is 4.60. The smallest absolute Gasteiger partial charge is 0.407 e. The lowest BCUT2D eigenvalue weighted by atomic mass is 9.91. The van der Waals surface area contributed by atoms with E-state index in [0.29, 0.717) is 52.7 Å². The molecule has 2 amide bonds. The van der Waals surface area contributed by atoms with Gasteiger partial charge in [-0.3, -0.25) is 4.79 Å². The van der Waals surface area contributed by atoms with E-state index < -0.39 is 6.09 Å². The average molecular weight is 496 g/mol. The number of aromatic nitrogens is 3. The van der Waals surface area contributed by atoms with Crippen molar-refractivity contribution < 1.29 is 23.5 Å². The SMILES string of the molecule is CCOC(=O)NC1CCC(NC(=O)c2c[nH]c3c(-c4ccc(F)cc4OCC4CC4)ncnc23)CC1. The number of halogens is 1. The van der Waals surface area contributed by atoms with Crippen LogP contribution in [0.5, 0.6) is 5.75 Å². The van der Waals surface area contributed by atoms with E-state index in [1.54, 1.807) is 19.2 Å². The molecule has 36 heavy (non-hydrogen) atoms. The van der Waals surface area contributed by atoms with E-state index in [1.165, 1.54) is 18.5 Å². The Morgan fingerprint density at radius 1 is 1.08 bits per heavy atom. The first-order valence-electron chi connectivity index (χ1n) is 12.5. The molecule has 0 atom stereocenters. The first-order valence-corrected chi connectivity index (χ1v) is 12.5. The average Bonchev–Trinajstić information content (AvgIpc) is 3.60. The van der Waals surface area contributed by atoms with E-state index in [-0.39, 0.29) is 23.8 Å². The number of amides is 2. The number of alkyl carbamates (subject to hydrolysis) is 1. The molecule has 0 unspecified atom stereocenters. The van der Waals surface area contributed by atoms with Crippen LogP contribution < -0.4 is 15.4 Å². The van der Waals surface area contributed by atoms with Gasteiger partial charge in [0.25, 0.3) is 5.91 Å². The van der Waals surface area contributed by atoms with Gasteiger partial charge in [0, 0.05) is 29.9 Å². The number of nitrogens with one attached hydrogen (secondary N) is 3. The lowest BCUT2D eigenvalue weighted by molar-refractivity contribution is 0.0923. The van der Waals surface area contributed by atoms with Crippen molar-refractivity contribution in [1.29, 1.82) is 0 Å². The largest absolute Gasteiger partial charge is 0.492 e. The molecule has 2 aromatic heterocycles. The molecule has 190 valence electrons. The molecule has 2 saturated carbocycles. The number of fused-ring (bicyclic) bond motifs is 1. The van der Waals surface area contributed by atoms with Crippen LogP contribution in [0, 0.1) is 11.7 Å². The second-order valence-electron chi connectivity index (χ2n) is 9.43. The van der Waals surface area contributed by atoms with Crippen LogP contribution in [0.3, 0.4) is 0 Å². The molecule has 9 nitrogen and oxygen atoms in total. The van der Waals surface area contributed by atoms with Gasteiger partial charge in [-0.25, -0.2) is 19.2 Å². The quantitative estimate of drug-likeness (QED) is 0.428. The third-order valence-corrected chi connectivity index (χ3v) is 6.74. The van der Waals surface area contributed by atoms with Crippen molar-refractivity contribution in [2.45, 2.75) is 57.5 Å². The van der Waals surface area contributed by atoms with Gasteiger partial charge in [0.1, 0.15) is 29.1 Å². The highest BCUT2D eigenvalue weighted by Crippen LogP contribution is 2.36. The van der Waals surface area contributed by atoms with Crippen molar-refractivity contribution in [3.8, 4) is 17.0 Å². The second-order valence-corrected chi connectivity index (χ2v) is 9.43. The summed E-state index contributed by atoms with van der Waals surface area (Å²) in [5.74, 6) is 0.338. The molecule has 5 rings (SSSR count).